The molecule has 1 aliphatic rings. The van der Waals surface area contributed by atoms with Crippen molar-refractivity contribution < 1.29 is 22.3 Å². The van der Waals surface area contributed by atoms with E-state index in [4.69, 9.17) is 4.74 Å². The Kier molecular flexibility index (Phi) is 7.57. The summed E-state index contributed by atoms with van der Waals surface area (Å²) in [7, 11) is 1.34. The molecule has 0 bridgehead atoms. The van der Waals surface area contributed by atoms with Crippen molar-refractivity contribution in [2.45, 2.75) is 25.1 Å². The van der Waals surface area contributed by atoms with Gasteiger partial charge in [-0.2, -0.15) is 13.2 Å². The van der Waals surface area contributed by atoms with Crippen LogP contribution < -0.4 is 10.1 Å². The molecule has 0 aromatic heterocycles. The molecule has 1 atom stereocenters. The molecule has 3 nitrogen and oxygen atoms in total. The second-order valence-electron chi connectivity index (χ2n) is 5.35. The minimum atomic E-state index is -4.20. The Balaban J connectivity index is 0.00000264. The van der Waals surface area contributed by atoms with Crippen molar-refractivity contribution in [1.82, 2.24) is 10.2 Å². The topological polar surface area (TPSA) is 24.5 Å². The molecule has 1 aromatic carbocycles. The monoisotopic (exact) mass is 356 g/mol. The number of alkyl halides is 3. The summed E-state index contributed by atoms with van der Waals surface area (Å²) in [5.41, 5.74) is 0.657. The molecule has 1 aromatic rings. The number of hydrogen-bond acceptors (Lipinski definition) is 3. The van der Waals surface area contributed by atoms with Gasteiger partial charge in [-0.05, 0) is 24.1 Å². The van der Waals surface area contributed by atoms with E-state index in [0.717, 1.165) is 13.1 Å². The molecule has 0 radical (unpaired) electrons. The van der Waals surface area contributed by atoms with Crippen molar-refractivity contribution in [3.8, 4) is 5.75 Å². The third-order valence-electron chi connectivity index (χ3n) is 3.85. The molecule has 0 unspecified atom stereocenters. The van der Waals surface area contributed by atoms with E-state index in [-0.39, 0.29) is 24.6 Å². The molecule has 1 N–H and O–H groups in total. The molecule has 0 spiro atoms. The first kappa shape index (κ1) is 20.0. The number of hydrogen-bond donors (Lipinski definition) is 1. The lowest BCUT2D eigenvalue weighted by molar-refractivity contribution is -0.138. The van der Waals surface area contributed by atoms with Crippen LogP contribution in [-0.2, 0) is 0 Å². The highest BCUT2D eigenvalue weighted by Crippen LogP contribution is 2.33. The van der Waals surface area contributed by atoms with Gasteiger partial charge in [-0.25, -0.2) is 4.39 Å². The van der Waals surface area contributed by atoms with Gasteiger partial charge in [-0.3, -0.25) is 4.90 Å². The highest BCUT2D eigenvalue weighted by atomic mass is 35.5. The molecule has 23 heavy (non-hydrogen) atoms. The third kappa shape index (κ3) is 5.82. The van der Waals surface area contributed by atoms with Crippen molar-refractivity contribution in [3.63, 3.8) is 0 Å². The van der Waals surface area contributed by atoms with Crippen LogP contribution in [0.2, 0.25) is 0 Å². The minimum absolute atomic E-state index is 0. The number of halogens is 5. The number of ether oxygens (including phenoxy) is 1. The van der Waals surface area contributed by atoms with Crippen LogP contribution in [-0.4, -0.2) is 44.4 Å². The summed E-state index contributed by atoms with van der Waals surface area (Å²) in [4.78, 5) is 2.01. The fraction of sp³-hybridized carbons (Fsp3) is 0.600. The zero-order valence-electron chi connectivity index (χ0n) is 12.8. The van der Waals surface area contributed by atoms with E-state index in [9.17, 15) is 17.6 Å². The number of piperazine rings is 1. The van der Waals surface area contributed by atoms with Crippen LogP contribution in [0, 0.1) is 5.82 Å². The van der Waals surface area contributed by atoms with E-state index in [1.165, 1.54) is 19.2 Å². The number of nitrogens with zero attached hydrogens (tertiary/aromatic N) is 1. The molecule has 1 heterocycles. The summed E-state index contributed by atoms with van der Waals surface area (Å²) >= 11 is 0. The van der Waals surface area contributed by atoms with Crippen molar-refractivity contribution in [3.05, 3.63) is 29.6 Å². The van der Waals surface area contributed by atoms with Gasteiger partial charge in [0.15, 0.2) is 11.6 Å². The SMILES string of the molecule is COc1cc([C@H](CCC(F)(F)F)N2CCNCC2)ccc1F.Cl. The molecule has 1 saturated heterocycles. The lowest BCUT2D eigenvalue weighted by atomic mass is 9.99. The second-order valence-corrected chi connectivity index (χ2v) is 5.35. The molecule has 0 aliphatic carbocycles. The second kappa shape index (κ2) is 8.70. The number of benzene rings is 1. The molecular weight excluding hydrogens is 336 g/mol. The van der Waals surface area contributed by atoms with E-state index in [1.54, 1.807) is 6.07 Å². The summed E-state index contributed by atoms with van der Waals surface area (Å²) in [5, 5.41) is 3.18. The lowest BCUT2D eigenvalue weighted by Gasteiger charge is -2.35. The average molecular weight is 357 g/mol. The lowest BCUT2D eigenvalue weighted by Crippen LogP contribution is -2.45. The van der Waals surface area contributed by atoms with Crippen molar-refractivity contribution >= 4 is 12.4 Å². The Hall–Kier alpha value is -1.05. The highest BCUT2D eigenvalue weighted by Gasteiger charge is 2.31. The van der Waals surface area contributed by atoms with Crippen LogP contribution in [0.4, 0.5) is 17.6 Å². The molecule has 0 saturated carbocycles. The summed E-state index contributed by atoms with van der Waals surface area (Å²) in [6.07, 6.45) is -5.10. The predicted molar refractivity (Wildman–Crippen MR) is 82.7 cm³/mol. The maximum Gasteiger partial charge on any atom is 0.389 e. The van der Waals surface area contributed by atoms with Crippen LogP contribution in [0.15, 0.2) is 18.2 Å². The largest absolute Gasteiger partial charge is 0.494 e. The van der Waals surface area contributed by atoms with Crippen molar-refractivity contribution in [1.29, 1.82) is 0 Å². The Morgan fingerprint density at radius 1 is 1.26 bits per heavy atom. The van der Waals surface area contributed by atoms with Gasteiger partial charge >= 0.3 is 6.18 Å². The standard InChI is InChI=1S/C15H20F4N2O.ClH/c1-22-14-10-11(2-3-12(14)16)13(4-5-15(17,18)19)21-8-6-20-7-9-21;/h2-3,10,13,20H,4-9H2,1H3;1H/t13-;/m0./s1. The Morgan fingerprint density at radius 3 is 2.48 bits per heavy atom. The normalized spacial score (nSPS) is 17.4. The molecule has 1 fully saturated rings. The van der Waals surface area contributed by atoms with Gasteiger partial charge in [-0.15, -0.1) is 12.4 Å². The van der Waals surface area contributed by atoms with Crippen LogP contribution in [0.25, 0.3) is 0 Å². The van der Waals surface area contributed by atoms with Gasteiger partial charge < -0.3 is 10.1 Å². The molecule has 2 rings (SSSR count). The number of nitrogens with one attached hydrogen (secondary N) is 1. The summed E-state index contributed by atoms with van der Waals surface area (Å²) in [5.74, 6) is -0.453. The summed E-state index contributed by atoms with van der Waals surface area (Å²) in [6.45, 7) is 2.81. The number of methoxy groups -OCH3 is 1. The first-order valence-electron chi connectivity index (χ1n) is 7.25. The quantitative estimate of drug-likeness (QED) is 0.817. The van der Waals surface area contributed by atoms with Gasteiger partial charge in [0.1, 0.15) is 0 Å². The van der Waals surface area contributed by atoms with Gasteiger partial charge in [0.2, 0.25) is 0 Å². The highest BCUT2D eigenvalue weighted by molar-refractivity contribution is 5.85. The number of rotatable bonds is 5. The van der Waals surface area contributed by atoms with Gasteiger partial charge in [0.05, 0.1) is 7.11 Å². The van der Waals surface area contributed by atoms with Crippen molar-refractivity contribution in [2.24, 2.45) is 0 Å². The maximum absolute atomic E-state index is 13.5. The van der Waals surface area contributed by atoms with E-state index < -0.39 is 24.5 Å². The molecular formula is C15H21ClF4N2O. The smallest absolute Gasteiger partial charge is 0.389 e. The van der Waals surface area contributed by atoms with Crippen molar-refractivity contribution in [2.75, 3.05) is 33.3 Å². The van der Waals surface area contributed by atoms with Crippen LogP contribution in [0.1, 0.15) is 24.4 Å². The van der Waals surface area contributed by atoms with Crippen LogP contribution in [0.5, 0.6) is 5.75 Å². The fourth-order valence-electron chi connectivity index (χ4n) is 2.74. The Morgan fingerprint density at radius 2 is 1.91 bits per heavy atom. The molecule has 132 valence electrons. The molecule has 8 heteroatoms. The molecule has 0 amide bonds. The van der Waals surface area contributed by atoms with Gasteiger partial charge in [0.25, 0.3) is 0 Å². The maximum atomic E-state index is 13.5. The van der Waals surface area contributed by atoms with Gasteiger partial charge in [0, 0.05) is 38.6 Å². The first-order valence-corrected chi connectivity index (χ1v) is 7.25. The molecule has 1 aliphatic heterocycles. The summed E-state index contributed by atoms with van der Waals surface area (Å²) < 4.78 is 56.2. The van der Waals surface area contributed by atoms with E-state index in [2.05, 4.69) is 5.32 Å². The average Bonchev–Trinajstić information content (AvgIpc) is 2.49. The van der Waals surface area contributed by atoms with Crippen LogP contribution >= 0.6 is 12.4 Å². The Labute approximate surface area is 139 Å². The zero-order valence-corrected chi connectivity index (χ0v) is 13.6. The van der Waals surface area contributed by atoms with E-state index >= 15 is 0 Å². The summed E-state index contributed by atoms with van der Waals surface area (Å²) in [6, 6.07) is 3.90. The zero-order chi connectivity index (χ0) is 16.2. The Bertz CT molecular complexity index is 493. The van der Waals surface area contributed by atoms with E-state index in [1.807, 2.05) is 4.90 Å². The first-order chi connectivity index (χ1) is 10.4. The fourth-order valence-corrected chi connectivity index (χ4v) is 2.74. The predicted octanol–water partition coefficient (Wildman–Crippen LogP) is 3.54. The van der Waals surface area contributed by atoms with Gasteiger partial charge in [-0.1, -0.05) is 6.07 Å². The minimum Gasteiger partial charge on any atom is -0.494 e. The third-order valence-corrected chi connectivity index (χ3v) is 3.85. The van der Waals surface area contributed by atoms with E-state index in [0.29, 0.717) is 18.7 Å². The van der Waals surface area contributed by atoms with Crippen LogP contribution in [0.3, 0.4) is 0 Å².